The van der Waals surface area contributed by atoms with E-state index in [4.69, 9.17) is 4.74 Å². The summed E-state index contributed by atoms with van der Waals surface area (Å²) in [7, 11) is 1.65. The Balaban J connectivity index is 1.70. The summed E-state index contributed by atoms with van der Waals surface area (Å²) in [4.78, 5) is 33.5. The monoisotopic (exact) mass is 496 g/mol. The summed E-state index contributed by atoms with van der Waals surface area (Å²) in [6.45, 7) is 4.21. The van der Waals surface area contributed by atoms with Crippen LogP contribution in [0.4, 0.5) is 0 Å². The summed E-state index contributed by atoms with van der Waals surface area (Å²) < 4.78 is 5.18. The van der Waals surface area contributed by atoms with E-state index >= 15 is 0 Å². The normalized spacial score (nSPS) is 10.8. The largest absolute Gasteiger partial charge is 0.385 e. The summed E-state index contributed by atoms with van der Waals surface area (Å²) >= 11 is 3.19. The number of hydrogen-bond donors (Lipinski definition) is 0. The molecule has 3 aromatic rings. The van der Waals surface area contributed by atoms with Gasteiger partial charge in [0.25, 0.3) is 0 Å². The SMILES string of the molecule is COCCCN(CC(=O)N(Cc1ccccc1)Cc1ccc(C)s1)C(=O)CSc1ccccc1. The van der Waals surface area contributed by atoms with Crippen LogP contribution >= 0.6 is 23.1 Å². The van der Waals surface area contributed by atoms with Gasteiger partial charge in [-0.1, -0.05) is 48.5 Å². The molecule has 0 bridgehead atoms. The number of ether oxygens (including phenoxy) is 1. The molecule has 1 heterocycles. The molecule has 0 saturated heterocycles. The zero-order valence-electron chi connectivity index (χ0n) is 19.8. The van der Waals surface area contributed by atoms with Crippen LogP contribution in [0.3, 0.4) is 0 Å². The molecule has 0 unspecified atom stereocenters. The van der Waals surface area contributed by atoms with Crippen molar-refractivity contribution < 1.29 is 14.3 Å². The van der Waals surface area contributed by atoms with Gasteiger partial charge in [-0.25, -0.2) is 0 Å². The predicted molar refractivity (Wildman–Crippen MR) is 140 cm³/mol. The van der Waals surface area contributed by atoms with E-state index in [2.05, 4.69) is 19.1 Å². The van der Waals surface area contributed by atoms with Gasteiger partial charge in [0.2, 0.25) is 11.8 Å². The molecule has 0 aliphatic carbocycles. The van der Waals surface area contributed by atoms with Crippen LogP contribution in [0.15, 0.2) is 77.7 Å². The Morgan fingerprint density at radius 1 is 0.882 bits per heavy atom. The Morgan fingerprint density at radius 2 is 1.59 bits per heavy atom. The maximum Gasteiger partial charge on any atom is 0.242 e. The molecule has 5 nitrogen and oxygen atoms in total. The molecule has 7 heteroatoms. The van der Waals surface area contributed by atoms with Gasteiger partial charge in [-0.2, -0.15) is 0 Å². The predicted octanol–water partition coefficient (Wildman–Crippen LogP) is 5.24. The van der Waals surface area contributed by atoms with E-state index in [0.717, 1.165) is 15.3 Å². The fraction of sp³-hybridized carbons (Fsp3) is 0.333. The van der Waals surface area contributed by atoms with Gasteiger partial charge >= 0.3 is 0 Å². The Labute approximate surface area is 210 Å². The minimum Gasteiger partial charge on any atom is -0.385 e. The third kappa shape index (κ3) is 8.63. The molecule has 0 fully saturated rings. The van der Waals surface area contributed by atoms with Crippen LogP contribution in [0.5, 0.6) is 0 Å². The number of carbonyl (C=O) groups excluding carboxylic acids is 2. The molecular weight excluding hydrogens is 464 g/mol. The molecule has 3 rings (SSSR count). The third-order valence-corrected chi connectivity index (χ3v) is 7.25. The number of thiophene rings is 1. The maximum atomic E-state index is 13.5. The van der Waals surface area contributed by atoms with Gasteiger partial charge in [-0.3, -0.25) is 9.59 Å². The zero-order valence-corrected chi connectivity index (χ0v) is 21.4. The van der Waals surface area contributed by atoms with Crippen LogP contribution in [-0.4, -0.2) is 54.2 Å². The van der Waals surface area contributed by atoms with Gasteiger partial charge in [0.05, 0.1) is 18.8 Å². The van der Waals surface area contributed by atoms with E-state index in [9.17, 15) is 9.59 Å². The highest BCUT2D eigenvalue weighted by molar-refractivity contribution is 8.00. The van der Waals surface area contributed by atoms with Crippen LogP contribution in [0.1, 0.15) is 21.7 Å². The second-order valence-electron chi connectivity index (χ2n) is 8.01. The first kappa shape index (κ1) is 26.0. The lowest BCUT2D eigenvalue weighted by atomic mass is 10.2. The topological polar surface area (TPSA) is 49.9 Å². The summed E-state index contributed by atoms with van der Waals surface area (Å²) in [5.74, 6) is 0.211. The first-order valence-electron chi connectivity index (χ1n) is 11.4. The molecule has 34 heavy (non-hydrogen) atoms. The molecule has 0 aliphatic rings. The number of amides is 2. The van der Waals surface area contributed by atoms with Crippen molar-refractivity contribution in [3.63, 3.8) is 0 Å². The van der Waals surface area contributed by atoms with Crippen molar-refractivity contribution in [1.29, 1.82) is 0 Å². The average molecular weight is 497 g/mol. The Hall–Kier alpha value is -2.61. The van der Waals surface area contributed by atoms with Crippen LogP contribution in [0.25, 0.3) is 0 Å². The lowest BCUT2D eigenvalue weighted by molar-refractivity contribution is -0.140. The minimum absolute atomic E-state index is 0.0371. The molecule has 2 amide bonds. The zero-order chi connectivity index (χ0) is 24.2. The summed E-state index contributed by atoms with van der Waals surface area (Å²) in [6, 6.07) is 24.0. The number of aryl methyl sites for hydroxylation is 1. The van der Waals surface area contributed by atoms with Crippen molar-refractivity contribution in [3.05, 3.63) is 88.1 Å². The van der Waals surface area contributed by atoms with Gasteiger partial charge in [0.15, 0.2) is 0 Å². The smallest absolute Gasteiger partial charge is 0.242 e. The summed E-state index contributed by atoms with van der Waals surface area (Å²) in [5.41, 5.74) is 1.07. The van der Waals surface area contributed by atoms with Crippen molar-refractivity contribution in [2.24, 2.45) is 0 Å². The number of hydrogen-bond acceptors (Lipinski definition) is 5. The number of rotatable bonds is 13. The van der Waals surface area contributed by atoms with E-state index in [1.54, 1.807) is 23.3 Å². The number of nitrogens with zero attached hydrogens (tertiary/aromatic N) is 2. The maximum absolute atomic E-state index is 13.5. The fourth-order valence-corrected chi connectivity index (χ4v) is 5.23. The van der Waals surface area contributed by atoms with Gasteiger partial charge in [-0.05, 0) is 43.2 Å². The molecule has 0 atom stereocenters. The molecule has 0 saturated carbocycles. The Bertz CT molecular complexity index is 1020. The van der Waals surface area contributed by atoms with Gasteiger partial charge in [0.1, 0.15) is 0 Å². The number of methoxy groups -OCH3 is 1. The minimum atomic E-state index is -0.0506. The quantitative estimate of drug-likeness (QED) is 0.240. The van der Waals surface area contributed by atoms with Crippen molar-refractivity contribution in [1.82, 2.24) is 9.80 Å². The number of carbonyl (C=O) groups is 2. The van der Waals surface area contributed by atoms with Crippen LogP contribution < -0.4 is 0 Å². The molecular formula is C27H32N2O3S2. The van der Waals surface area contributed by atoms with Gasteiger partial charge in [-0.15, -0.1) is 23.1 Å². The van der Waals surface area contributed by atoms with E-state index < -0.39 is 0 Å². The van der Waals surface area contributed by atoms with E-state index in [1.807, 2.05) is 65.6 Å². The molecule has 1 aromatic heterocycles. The summed E-state index contributed by atoms with van der Waals surface area (Å²) in [6.07, 6.45) is 0.689. The standard InChI is InChI=1S/C27H32N2O3S2/c1-22-14-15-25(34-22)19-29(18-23-10-5-3-6-11-23)26(30)20-28(16-9-17-32-2)27(31)21-33-24-12-7-4-8-13-24/h3-8,10-15H,9,16-21H2,1-2H3. The number of benzene rings is 2. The average Bonchev–Trinajstić information content (AvgIpc) is 3.27. The lowest BCUT2D eigenvalue weighted by Crippen LogP contribution is -2.43. The summed E-state index contributed by atoms with van der Waals surface area (Å²) in [5, 5.41) is 0. The highest BCUT2D eigenvalue weighted by Gasteiger charge is 2.22. The molecule has 0 spiro atoms. The molecule has 2 aromatic carbocycles. The van der Waals surface area contributed by atoms with Crippen LogP contribution in [0.2, 0.25) is 0 Å². The fourth-order valence-electron chi connectivity index (χ4n) is 3.50. The van der Waals surface area contributed by atoms with Crippen LogP contribution in [0, 0.1) is 6.92 Å². The highest BCUT2D eigenvalue weighted by Crippen LogP contribution is 2.20. The molecule has 180 valence electrons. The Kier molecular flexibility index (Phi) is 10.7. The first-order chi connectivity index (χ1) is 16.5. The lowest BCUT2D eigenvalue weighted by Gasteiger charge is -2.28. The van der Waals surface area contributed by atoms with E-state index in [1.165, 1.54) is 16.6 Å². The van der Waals surface area contributed by atoms with E-state index in [0.29, 0.717) is 38.4 Å². The molecule has 0 radical (unpaired) electrons. The molecule has 0 N–H and O–H groups in total. The molecule has 0 aliphatic heterocycles. The van der Waals surface area contributed by atoms with Crippen molar-refractivity contribution >= 4 is 34.9 Å². The van der Waals surface area contributed by atoms with Gasteiger partial charge in [0, 0.05) is 41.5 Å². The second-order valence-corrected chi connectivity index (χ2v) is 10.4. The Morgan fingerprint density at radius 3 is 2.24 bits per heavy atom. The highest BCUT2D eigenvalue weighted by atomic mass is 32.2. The van der Waals surface area contributed by atoms with Crippen molar-refractivity contribution in [2.75, 3.05) is 32.6 Å². The third-order valence-electron chi connectivity index (χ3n) is 5.27. The van der Waals surface area contributed by atoms with Crippen molar-refractivity contribution in [2.45, 2.75) is 31.3 Å². The van der Waals surface area contributed by atoms with Crippen molar-refractivity contribution in [3.8, 4) is 0 Å². The van der Waals surface area contributed by atoms with Crippen LogP contribution in [-0.2, 0) is 27.4 Å². The van der Waals surface area contributed by atoms with Gasteiger partial charge < -0.3 is 14.5 Å². The second kappa shape index (κ2) is 13.9. The number of thioether (sulfide) groups is 1. The van der Waals surface area contributed by atoms with E-state index in [-0.39, 0.29) is 18.4 Å². The first-order valence-corrected chi connectivity index (χ1v) is 13.2.